The van der Waals surface area contributed by atoms with E-state index in [1.54, 1.807) is 17.2 Å². The molecule has 0 unspecified atom stereocenters. The minimum absolute atomic E-state index is 0.121. The van der Waals surface area contributed by atoms with E-state index in [1.165, 1.54) is 0 Å². The molecule has 0 bridgehead atoms. The summed E-state index contributed by atoms with van der Waals surface area (Å²) in [5.74, 6) is -0.121. The van der Waals surface area contributed by atoms with Crippen LogP contribution in [0.25, 0.3) is 10.9 Å². The third-order valence-electron chi connectivity index (χ3n) is 4.14. The summed E-state index contributed by atoms with van der Waals surface area (Å²) in [5, 5.41) is 12.4. The van der Waals surface area contributed by atoms with E-state index < -0.39 is 0 Å². The molecule has 0 aliphatic rings. The Morgan fingerprint density at radius 2 is 1.88 bits per heavy atom. The van der Waals surface area contributed by atoms with E-state index in [0.29, 0.717) is 12.1 Å². The molecule has 2 N–H and O–H groups in total. The number of amides is 1. The van der Waals surface area contributed by atoms with Crippen molar-refractivity contribution in [3.8, 4) is 0 Å². The number of H-pyrrole nitrogens is 1. The van der Waals surface area contributed by atoms with E-state index in [-0.39, 0.29) is 11.9 Å². The molecule has 0 aliphatic carbocycles. The lowest BCUT2D eigenvalue weighted by atomic mass is 10.1. The average molecular weight is 331 g/mol. The van der Waals surface area contributed by atoms with Gasteiger partial charge in [-0.2, -0.15) is 15.0 Å². The van der Waals surface area contributed by atoms with Gasteiger partial charge in [0.05, 0.1) is 25.0 Å². The second-order valence-corrected chi connectivity index (χ2v) is 5.80. The van der Waals surface area contributed by atoms with Crippen molar-refractivity contribution in [3.05, 3.63) is 84.3 Å². The molecule has 0 aliphatic heterocycles. The molecule has 25 heavy (non-hydrogen) atoms. The summed E-state index contributed by atoms with van der Waals surface area (Å²) in [6.07, 6.45) is 5.12. The quantitative estimate of drug-likeness (QED) is 0.590. The molecular weight excluding hydrogens is 314 g/mol. The average Bonchev–Trinajstić information content (AvgIpc) is 3.32. The second kappa shape index (κ2) is 6.60. The minimum Gasteiger partial charge on any atom is -0.361 e. The molecule has 0 saturated carbocycles. The molecular formula is C19H17N5O. The van der Waals surface area contributed by atoms with Gasteiger partial charge < -0.3 is 10.3 Å². The Hall–Kier alpha value is -3.41. The Morgan fingerprint density at radius 1 is 1.08 bits per heavy atom. The highest BCUT2D eigenvalue weighted by Crippen LogP contribution is 2.18. The van der Waals surface area contributed by atoms with Gasteiger partial charge in [-0.1, -0.05) is 30.3 Å². The summed E-state index contributed by atoms with van der Waals surface area (Å²) < 4.78 is 0. The van der Waals surface area contributed by atoms with Crippen molar-refractivity contribution in [1.82, 2.24) is 25.3 Å². The van der Waals surface area contributed by atoms with Crippen LogP contribution >= 0.6 is 0 Å². The molecule has 0 radical (unpaired) electrons. The third-order valence-corrected chi connectivity index (χ3v) is 4.14. The number of rotatable bonds is 5. The fraction of sp³-hybridized carbons (Fsp3) is 0.105. The highest BCUT2D eigenvalue weighted by atomic mass is 16.1. The van der Waals surface area contributed by atoms with E-state index in [9.17, 15) is 4.79 Å². The summed E-state index contributed by atoms with van der Waals surface area (Å²) in [6.45, 7) is 0.467. The van der Waals surface area contributed by atoms with Gasteiger partial charge in [-0.25, -0.2) is 0 Å². The highest BCUT2D eigenvalue weighted by molar-refractivity contribution is 5.98. The Balaban J connectivity index is 1.59. The zero-order valence-corrected chi connectivity index (χ0v) is 13.5. The molecule has 0 fully saturated rings. The Kier molecular flexibility index (Phi) is 4.00. The Labute approximate surface area is 144 Å². The molecule has 4 aromatic rings. The van der Waals surface area contributed by atoms with Crippen LogP contribution in [0.3, 0.4) is 0 Å². The summed E-state index contributed by atoms with van der Waals surface area (Å²) in [4.78, 5) is 17.5. The van der Waals surface area contributed by atoms with Gasteiger partial charge in [0.1, 0.15) is 0 Å². The first-order chi connectivity index (χ1) is 12.3. The van der Waals surface area contributed by atoms with Crippen LogP contribution < -0.4 is 5.32 Å². The standard InChI is InChI=1S/C19H17N5O/c25-19(16-6-7-17-15(12-16)8-9-20-17)23-18(13-24-21-10-11-22-24)14-4-2-1-3-5-14/h1-12,18,20H,13H2,(H,23,25)/t18-/m1/s1. The van der Waals surface area contributed by atoms with Crippen molar-refractivity contribution < 1.29 is 4.79 Å². The van der Waals surface area contributed by atoms with Crippen LogP contribution in [0.2, 0.25) is 0 Å². The zero-order valence-electron chi connectivity index (χ0n) is 13.5. The van der Waals surface area contributed by atoms with Crippen molar-refractivity contribution in [2.45, 2.75) is 12.6 Å². The maximum atomic E-state index is 12.8. The summed E-state index contributed by atoms with van der Waals surface area (Å²) in [6, 6.07) is 17.2. The van der Waals surface area contributed by atoms with Crippen LogP contribution in [-0.4, -0.2) is 25.9 Å². The van der Waals surface area contributed by atoms with Gasteiger partial charge in [0, 0.05) is 22.7 Å². The Bertz CT molecular complexity index is 975. The molecule has 0 saturated heterocycles. The van der Waals surface area contributed by atoms with E-state index in [1.807, 2.05) is 60.8 Å². The van der Waals surface area contributed by atoms with Crippen molar-refractivity contribution in [3.63, 3.8) is 0 Å². The highest BCUT2D eigenvalue weighted by Gasteiger charge is 2.17. The van der Waals surface area contributed by atoms with E-state index in [0.717, 1.165) is 16.5 Å². The van der Waals surface area contributed by atoms with Gasteiger partial charge in [0.15, 0.2) is 0 Å². The molecule has 4 rings (SSSR count). The number of hydrogen-bond donors (Lipinski definition) is 2. The number of fused-ring (bicyclic) bond motifs is 1. The lowest BCUT2D eigenvalue weighted by Crippen LogP contribution is -2.32. The molecule has 6 heteroatoms. The van der Waals surface area contributed by atoms with Crippen molar-refractivity contribution >= 4 is 16.8 Å². The van der Waals surface area contributed by atoms with Gasteiger partial charge in [-0.3, -0.25) is 4.79 Å². The SMILES string of the molecule is O=C(N[C@H](Cn1nccn1)c1ccccc1)c1ccc2[nH]ccc2c1. The molecule has 1 amide bonds. The monoisotopic (exact) mass is 331 g/mol. The summed E-state index contributed by atoms with van der Waals surface area (Å²) in [5.41, 5.74) is 2.65. The molecule has 2 aromatic carbocycles. The molecule has 124 valence electrons. The van der Waals surface area contributed by atoms with Crippen LogP contribution in [-0.2, 0) is 6.54 Å². The van der Waals surface area contributed by atoms with Gasteiger partial charge in [-0.15, -0.1) is 0 Å². The molecule has 0 spiro atoms. The summed E-state index contributed by atoms with van der Waals surface area (Å²) >= 11 is 0. The first-order valence-electron chi connectivity index (χ1n) is 8.07. The van der Waals surface area contributed by atoms with E-state index >= 15 is 0 Å². The van der Waals surface area contributed by atoms with Gasteiger partial charge in [0.25, 0.3) is 5.91 Å². The van der Waals surface area contributed by atoms with Gasteiger partial charge in [-0.05, 0) is 29.8 Å². The lowest BCUT2D eigenvalue weighted by molar-refractivity contribution is 0.0931. The Morgan fingerprint density at radius 3 is 2.68 bits per heavy atom. The van der Waals surface area contributed by atoms with Crippen LogP contribution in [0.1, 0.15) is 22.0 Å². The lowest BCUT2D eigenvalue weighted by Gasteiger charge is -2.19. The number of hydrogen-bond acceptors (Lipinski definition) is 3. The molecule has 1 atom stereocenters. The van der Waals surface area contributed by atoms with Gasteiger partial charge >= 0.3 is 0 Å². The molecule has 2 heterocycles. The fourth-order valence-corrected chi connectivity index (χ4v) is 2.86. The number of nitrogens with one attached hydrogen (secondary N) is 2. The maximum Gasteiger partial charge on any atom is 0.251 e. The van der Waals surface area contributed by atoms with Crippen LogP contribution in [0.4, 0.5) is 0 Å². The molecule has 6 nitrogen and oxygen atoms in total. The number of carbonyl (C=O) groups excluding carboxylic acids is 1. The van der Waals surface area contributed by atoms with Crippen molar-refractivity contribution in [2.75, 3.05) is 0 Å². The first kappa shape index (κ1) is 15.1. The zero-order chi connectivity index (χ0) is 17.1. The number of benzene rings is 2. The van der Waals surface area contributed by atoms with Gasteiger partial charge in [0.2, 0.25) is 0 Å². The largest absolute Gasteiger partial charge is 0.361 e. The minimum atomic E-state index is -0.219. The predicted octanol–water partition coefficient (Wildman–Crippen LogP) is 2.93. The van der Waals surface area contributed by atoms with Crippen LogP contribution in [0.15, 0.2) is 73.2 Å². The number of aromatic amines is 1. The van der Waals surface area contributed by atoms with E-state index in [2.05, 4.69) is 20.5 Å². The van der Waals surface area contributed by atoms with E-state index in [4.69, 9.17) is 0 Å². The topological polar surface area (TPSA) is 75.6 Å². The normalized spacial score (nSPS) is 12.2. The third kappa shape index (κ3) is 3.28. The van der Waals surface area contributed by atoms with Crippen LogP contribution in [0.5, 0.6) is 0 Å². The first-order valence-corrected chi connectivity index (χ1v) is 8.07. The number of nitrogens with zero attached hydrogens (tertiary/aromatic N) is 3. The van der Waals surface area contributed by atoms with Crippen molar-refractivity contribution in [1.29, 1.82) is 0 Å². The maximum absolute atomic E-state index is 12.8. The number of aromatic nitrogens is 4. The fourth-order valence-electron chi connectivity index (χ4n) is 2.86. The van der Waals surface area contributed by atoms with Crippen molar-refractivity contribution in [2.24, 2.45) is 0 Å². The smallest absolute Gasteiger partial charge is 0.251 e. The van der Waals surface area contributed by atoms with Crippen LogP contribution in [0, 0.1) is 0 Å². The molecule has 2 aromatic heterocycles. The summed E-state index contributed by atoms with van der Waals surface area (Å²) in [7, 11) is 0. The number of carbonyl (C=O) groups is 1. The second-order valence-electron chi connectivity index (χ2n) is 5.80. The predicted molar refractivity (Wildman–Crippen MR) is 95.0 cm³/mol.